The quantitative estimate of drug-likeness (QED) is 0.215. The van der Waals surface area contributed by atoms with Gasteiger partial charge in [-0.3, -0.25) is 9.05 Å². The molecule has 0 saturated carbocycles. The molecule has 0 heterocycles. The van der Waals surface area contributed by atoms with Crippen LogP contribution in [0.15, 0.2) is 12.2 Å². The lowest BCUT2D eigenvalue weighted by atomic mass is 10.4. The molecule has 1 N–H and O–H groups in total. The van der Waals surface area contributed by atoms with Gasteiger partial charge in [0.15, 0.2) is 0 Å². The van der Waals surface area contributed by atoms with Crippen molar-refractivity contribution < 1.29 is 32.5 Å². The molecule has 20 heavy (non-hydrogen) atoms. The molecule has 0 aromatic carbocycles. The van der Waals surface area contributed by atoms with E-state index >= 15 is 0 Å². The highest BCUT2D eigenvalue weighted by atomic mass is 31.2. The van der Waals surface area contributed by atoms with E-state index in [2.05, 4.69) is 11.1 Å². The Hall–Kier alpha value is -0.720. The zero-order valence-corrected chi connectivity index (χ0v) is 13.5. The SMILES string of the molecule is C=C(C)C(=O)OCCOP(=O)(O)OCCC[N+](C)(C)C. The smallest absolute Gasteiger partial charge is 0.460 e. The molecular weight excluding hydrogens is 285 g/mol. The molecule has 0 aromatic heterocycles. The largest absolute Gasteiger partial charge is 0.472 e. The lowest BCUT2D eigenvalue weighted by Gasteiger charge is -2.23. The van der Waals surface area contributed by atoms with Crippen molar-refractivity contribution in [3.63, 3.8) is 0 Å². The van der Waals surface area contributed by atoms with Gasteiger partial charge in [-0.05, 0) is 6.92 Å². The van der Waals surface area contributed by atoms with Gasteiger partial charge >= 0.3 is 13.8 Å². The number of hydrogen-bond donors (Lipinski definition) is 1. The van der Waals surface area contributed by atoms with E-state index in [1.165, 1.54) is 6.92 Å². The first-order chi connectivity index (χ1) is 9.03. The highest BCUT2D eigenvalue weighted by Crippen LogP contribution is 2.42. The zero-order valence-electron chi connectivity index (χ0n) is 12.6. The maximum atomic E-state index is 11.5. The number of carbonyl (C=O) groups excluding carboxylic acids is 1. The number of quaternary nitrogens is 1. The van der Waals surface area contributed by atoms with Crippen LogP contribution in [-0.2, 0) is 23.1 Å². The van der Waals surface area contributed by atoms with Gasteiger partial charge in [0.2, 0.25) is 0 Å². The zero-order chi connectivity index (χ0) is 15.8. The van der Waals surface area contributed by atoms with Gasteiger partial charge in [-0.25, -0.2) is 9.36 Å². The number of rotatable bonds is 10. The van der Waals surface area contributed by atoms with Crippen molar-refractivity contribution >= 4 is 13.8 Å². The molecule has 7 nitrogen and oxygen atoms in total. The lowest BCUT2D eigenvalue weighted by Crippen LogP contribution is -2.35. The van der Waals surface area contributed by atoms with Gasteiger partial charge in [0, 0.05) is 12.0 Å². The summed E-state index contributed by atoms with van der Waals surface area (Å²) in [5.74, 6) is -0.565. The van der Waals surface area contributed by atoms with Crippen molar-refractivity contribution in [3.8, 4) is 0 Å². The molecule has 0 radical (unpaired) electrons. The van der Waals surface area contributed by atoms with Crippen LogP contribution in [-0.4, -0.2) is 62.9 Å². The standard InChI is InChI=1S/C12H24NO6P/c1-11(2)12(14)17-9-10-19-20(15,16)18-8-6-7-13(3,4)5/h1,6-10H2,2-5H3/p+1. The average Bonchev–Trinajstić information content (AvgIpc) is 2.29. The van der Waals surface area contributed by atoms with Gasteiger partial charge in [-0.15, -0.1) is 0 Å². The summed E-state index contributed by atoms with van der Waals surface area (Å²) in [6, 6.07) is 0. The van der Waals surface area contributed by atoms with Crippen molar-refractivity contribution in [2.45, 2.75) is 13.3 Å². The summed E-state index contributed by atoms with van der Waals surface area (Å²) in [5.41, 5.74) is 0.258. The van der Waals surface area contributed by atoms with Crippen LogP contribution in [0.4, 0.5) is 0 Å². The van der Waals surface area contributed by atoms with Gasteiger partial charge in [0.05, 0.1) is 40.9 Å². The van der Waals surface area contributed by atoms with Crippen molar-refractivity contribution in [1.29, 1.82) is 0 Å². The number of esters is 1. The fourth-order valence-electron chi connectivity index (χ4n) is 1.17. The van der Waals surface area contributed by atoms with Gasteiger partial charge < -0.3 is 14.1 Å². The molecule has 0 bridgehead atoms. The van der Waals surface area contributed by atoms with E-state index in [4.69, 9.17) is 9.26 Å². The summed E-state index contributed by atoms with van der Waals surface area (Å²) in [7, 11) is 1.98. The summed E-state index contributed by atoms with van der Waals surface area (Å²) in [6.45, 7) is 5.53. The molecule has 0 aliphatic carbocycles. The third kappa shape index (κ3) is 11.1. The number of nitrogens with zero attached hydrogens (tertiary/aromatic N) is 1. The van der Waals surface area contributed by atoms with Crippen LogP contribution in [0.25, 0.3) is 0 Å². The van der Waals surface area contributed by atoms with Crippen molar-refractivity contribution in [2.75, 3.05) is 47.5 Å². The number of phosphoric ester groups is 1. The molecule has 0 amide bonds. The van der Waals surface area contributed by atoms with Gasteiger partial charge in [-0.1, -0.05) is 6.58 Å². The van der Waals surface area contributed by atoms with E-state index in [0.717, 1.165) is 11.0 Å². The predicted molar refractivity (Wildman–Crippen MR) is 75.0 cm³/mol. The van der Waals surface area contributed by atoms with E-state index in [-0.39, 0.29) is 25.4 Å². The Morgan fingerprint density at radius 3 is 2.25 bits per heavy atom. The summed E-state index contributed by atoms with van der Waals surface area (Å²) in [6.07, 6.45) is 0.641. The summed E-state index contributed by atoms with van der Waals surface area (Å²) in [4.78, 5) is 20.4. The molecule has 8 heteroatoms. The molecule has 1 unspecified atom stereocenters. The number of carbonyl (C=O) groups is 1. The van der Waals surface area contributed by atoms with Crippen molar-refractivity contribution in [1.82, 2.24) is 0 Å². The number of ether oxygens (including phenoxy) is 1. The van der Waals surface area contributed by atoms with Crippen LogP contribution in [0.5, 0.6) is 0 Å². The van der Waals surface area contributed by atoms with E-state index in [0.29, 0.717) is 6.42 Å². The maximum absolute atomic E-state index is 11.5. The Labute approximate surface area is 120 Å². The second-order valence-corrected chi connectivity index (χ2v) is 6.87. The average molecular weight is 310 g/mol. The third-order valence-electron chi connectivity index (χ3n) is 2.15. The van der Waals surface area contributed by atoms with Crippen LogP contribution in [0.3, 0.4) is 0 Å². The number of hydrogen-bond acceptors (Lipinski definition) is 5. The minimum Gasteiger partial charge on any atom is -0.460 e. The monoisotopic (exact) mass is 310 g/mol. The van der Waals surface area contributed by atoms with Gasteiger partial charge in [0.1, 0.15) is 6.61 Å². The minimum atomic E-state index is -4.08. The van der Waals surface area contributed by atoms with Crippen LogP contribution in [0.2, 0.25) is 0 Å². The predicted octanol–water partition coefficient (Wildman–Crippen LogP) is 1.34. The van der Waals surface area contributed by atoms with E-state index < -0.39 is 13.8 Å². The molecule has 0 aromatic rings. The van der Waals surface area contributed by atoms with E-state index in [1.807, 2.05) is 21.1 Å². The minimum absolute atomic E-state index is 0.127. The van der Waals surface area contributed by atoms with Gasteiger partial charge in [0.25, 0.3) is 0 Å². The second-order valence-electron chi connectivity index (χ2n) is 5.42. The van der Waals surface area contributed by atoms with E-state index in [1.54, 1.807) is 0 Å². The first-order valence-corrected chi connectivity index (χ1v) is 7.78. The second kappa shape index (κ2) is 8.54. The van der Waals surface area contributed by atoms with Crippen LogP contribution in [0, 0.1) is 0 Å². The third-order valence-corrected chi connectivity index (χ3v) is 3.16. The van der Waals surface area contributed by atoms with Crippen molar-refractivity contribution in [3.05, 3.63) is 12.2 Å². The Morgan fingerprint density at radius 2 is 1.75 bits per heavy atom. The van der Waals surface area contributed by atoms with Crippen LogP contribution in [0.1, 0.15) is 13.3 Å². The molecule has 118 valence electrons. The normalized spacial score (nSPS) is 14.7. The summed E-state index contributed by atoms with van der Waals surface area (Å²) >= 11 is 0. The first-order valence-electron chi connectivity index (χ1n) is 6.28. The Kier molecular flexibility index (Phi) is 8.23. The summed E-state index contributed by atoms with van der Waals surface area (Å²) in [5, 5.41) is 0. The first kappa shape index (κ1) is 19.3. The fraction of sp³-hybridized carbons (Fsp3) is 0.750. The fourth-order valence-corrected chi connectivity index (χ4v) is 1.91. The Morgan fingerprint density at radius 1 is 1.20 bits per heavy atom. The molecule has 0 fully saturated rings. The Balaban J connectivity index is 3.77. The maximum Gasteiger partial charge on any atom is 0.472 e. The van der Waals surface area contributed by atoms with Gasteiger partial charge in [-0.2, -0.15) is 0 Å². The van der Waals surface area contributed by atoms with Crippen LogP contribution < -0.4 is 0 Å². The highest BCUT2D eigenvalue weighted by Gasteiger charge is 2.21. The molecule has 0 spiro atoms. The molecule has 0 rings (SSSR count). The molecule has 0 aliphatic rings. The number of phosphoric acid groups is 1. The van der Waals surface area contributed by atoms with E-state index in [9.17, 15) is 14.3 Å². The molecule has 1 atom stereocenters. The van der Waals surface area contributed by atoms with Crippen molar-refractivity contribution in [2.24, 2.45) is 0 Å². The highest BCUT2D eigenvalue weighted by molar-refractivity contribution is 7.47. The lowest BCUT2D eigenvalue weighted by molar-refractivity contribution is -0.870. The molecule has 0 saturated heterocycles. The molecule has 0 aliphatic heterocycles. The molecular formula is C12H25NO6P+. The van der Waals surface area contributed by atoms with Crippen LogP contribution >= 0.6 is 7.82 Å². The summed E-state index contributed by atoms with van der Waals surface area (Å²) < 4.78 is 26.4. The topological polar surface area (TPSA) is 82.1 Å². The Bertz CT molecular complexity index is 377.